The molecule has 1 fully saturated rings. The van der Waals surface area contributed by atoms with Crippen LogP contribution in [0.15, 0.2) is 30.6 Å². The quantitative estimate of drug-likeness (QED) is 0.812. The van der Waals surface area contributed by atoms with Gasteiger partial charge in [0.25, 0.3) is 5.91 Å². The SMILES string of the molecule is CC(C)N1CCN2c3ncc(-c4ncccc4C#N)cc3N(C)C(=O)C2C1. The molecule has 2 aromatic rings. The van der Waals surface area contributed by atoms with E-state index in [1.165, 1.54) is 0 Å². The lowest BCUT2D eigenvalue weighted by Crippen LogP contribution is -2.63. The summed E-state index contributed by atoms with van der Waals surface area (Å²) < 4.78 is 0. The van der Waals surface area contributed by atoms with Crippen molar-refractivity contribution < 1.29 is 4.79 Å². The zero-order chi connectivity index (χ0) is 19.1. The highest BCUT2D eigenvalue weighted by molar-refractivity contribution is 6.05. The molecule has 2 aliphatic rings. The minimum atomic E-state index is -0.207. The van der Waals surface area contributed by atoms with Crippen LogP contribution in [-0.4, -0.2) is 59.5 Å². The van der Waals surface area contributed by atoms with Gasteiger partial charge in [-0.1, -0.05) is 0 Å². The van der Waals surface area contributed by atoms with Gasteiger partial charge >= 0.3 is 0 Å². The number of hydrogen-bond donors (Lipinski definition) is 0. The molecular formula is C20H22N6O. The largest absolute Gasteiger partial charge is 0.340 e. The minimum absolute atomic E-state index is 0.0772. The van der Waals surface area contributed by atoms with E-state index in [0.717, 1.165) is 30.2 Å². The summed E-state index contributed by atoms with van der Waals surface area (Å²) >= 11 is 0. The molecule has 7 nitrogen and oxygen atoms in total. The Kier molecular flexibility index (Phi) is 4.28. The molecule has 1 atom stereocenters. The van der Waals surface area contributed by atoms with E-state index in [0.29, 0.717) is 23.8 Å². The second kappa shape index (κ2) is 6.63. The summed E-state index contributed by atoms with van der Waals surface area (Å²) in [4.78, 5) is 28.2. The van der Waals surface area contributed by atoms with E-state index in [2.05, 4.69) is 39.7 Å². The molecule has 0 aromatic carbocycles. The predicted molar refractivity (Wildman–Crippen MR) is 103 cm³/mol. The molecule has 4 rings (SSSR count). The first-order valence-corrected chi connectivity index (χ1v) is 9.15. The Labute approximate surface area is 158 Å². The van der Waals surface area contributed by atoms with Crippen molar-refractivity contribution in [2.75, 3.05) is 36.5 Å². The Morgan fingerprint density at radius 2 is 2.11 bits per heavy atom. The van der Waals surface area contributed by atoms with E-state index < -0.39 is 0 Å². The first-order valence-electron chi connectivity index (χ1n) is 9.15. The van der Waals surface area contributed by atoms with Gasteiger partial charge in [0.15, 0.2) is 5.82 Å². The van der Waals surface area contributed by atoms with Crippen LogP contribution in [0.5, 0.6) is 0 Å². The molecular weight excluding hydrogens is 340 g/mol. The summed E-state index contributed by atoms with van der Waals surface area (Å²) in [5.41, 5.74) is 2.58. The third-order valence-electron chi connectivity index (χ3n) is 5.44. The fraction of sp³-hybridized carbons (Fsp3) is 0.400. The van der Waals surface area contributed by atoms with Gasteiger partial charge < -0.3 is 9.80 Å². The van der Waals surface area contributed by atoms with E-state index >= 15 is 0 Å². The zero-order valence-corrected chi connectivity index (χ0v) is 15.8. The molecule has 1 amide bonds. The molecule has 27 heavy (non-hydrogen) atoms. The van der Waals surface area contributed by atoms with Crippen LogP contribution in [-0.2, 0) is 4.79 Å². The van der Waals surface area contributed by atoms with Crippen molar-refractivity contribution in [1.82, 2.24) is 14.9 Å². The maximum absolute atomic E-state index is 13.0. The van der Waals surface area contributed by atoms with Crippen molar-refractivity contribution in [3.05, 3.63) is 36.2 Å². The van der Waals surface area contributed by atoms with Gasteiger partial charge in [-0.2, -0.15) is 5.26 Å². The summed E-state index contributed by atoms with van der Waals surface area (Å²) in [6.07, 6.45) is 3.41. The topological polar surface area (TPSA) is 76.4 Å². The van der Waals surface area contributed by atoms with Gasteiger partial charge in [0.05, 0.1) is 16.9 Å². The molecule has 0 N–H and O–H groups in total. The second-order valence-corrected chi connectivity index (χ2v) is 7.27. The van der Waals surface area contributed by atoms with Crippen molar-refractivity contribution in [3.63, 3.8) is 0 Å². The number of rotatable bonds is 2. The Hall–Kier alpha value is -2.98. The number of hydrogen-bond acceptors (Lipinski definition) is 6. The summed E-state index contributed by atoms with van der Waals surface area (Å²) in [5, 5.41) is 9.35. The molecule has 1 unspecified atom stereocenters. The lowest BCUT2D eigenvalue weighted by Gasteiger charge is -2.47. The Morgan fingerprint density at radius 3 is 2.85 bits per heavy atom. The van der Waals surface area contributed by atoms with Gasteiger partial charge in [-0.05, 0) is 32.0 Å². The highest BCUT2D eigenvalue weighted by atomic mass is 16.2. The molecule has 0 bridgehead atoms. The summed E-state index contributed by atoms with van der Waals surface area (Å²) in [5.74, 6) is 0.900. The van der Waals surface area contributed by atoms with Gasteiger partial charge in [-0.3, -0.25) is 14.7 Å². The molecule has 7 heteroatoms. The van der Waals surface area contributed by atoms with Crippen molar-refractivity contribution in [2.24, 2.45) is 0 Å². The lowest BCUT2D eigenvalue weighted by molar-refractivity contribution is -0.121. The average molecular weight is 362 g/mol. The van der Waals surface area contributed by atoms with Gasteiger partial charge in [0.2, 0.25) is 0 Å². The van der Waals surface area contributed by atoms with Crippen LogP contribution in [0, 0.1) is 11.3 Å². The fourth-order valence-electron chi connectivity index (χ4n) is 3.85. The summed E-state index contributed by atoms with van der Waals surface area (Å²) in [6, 6.07) is 7.76. The van der Waals surface area contributed by atoms with Crippen molar-refractivity contribution in [3.8, 4) is 17.3 Å². The number of pyridine rings is 2. The Bertz CT molecular complexity index is 934. The van der Waals surface area contributed by atoms with Crippen LogP contribution in [0.1, 0.15) is 19.4 Å². The molecule has 0 saturated carbocycles. The number of carbonyl (C=O) groups excluding carboxylic acids is 1. The second-order valence-electron chi connectivity index (χ2n) is 7.27. The molecule has 0 spiro atoms. The summed E-state index contributed by atoms with van der Waals surface area (Å²) in [6.45, 7) is 6.71. The minimum Gasteiger partial charge on any atom is -0.340 e. The maximum Gasteiger partial charge on any atom is 0.250 e. The Morgan fingerprint density at radius 1 is 1.30 bits per heavy atom. The number of carbonyl (C=O) groups is 1. The molecule has 0 radical (unpaired) electrons. The van der Waals surface area contributed by atoms with E-state index in [1.54, 1.807) is 36.5 Å². The van der Waals surface area contributed by atoms with Crippen LogP contribution < -0.4 is 9.80 Å². The normalized spacial score (nSPS) is 19.7. The van der Waals surface area contributed by atoms with Crippen LogP contribution in [0.4, 0.5) is 11.5 Å². The predicted octanol–water partition coefficient (Wildman–Crippen LogP) is 1.89. The highest BCUT2D eigenvalue weighted by Gasteiger charge is 2.41. The van der Waals surface area contributed by atoms with E-state index in [9.17, 15) is 10.1 Å². The maximum atomic E-state index is 13.0. The monoisotopic (exact) mass is 362 g/mol. The van der Waals surface area contributed by atoms with Gasteiger partial charge in [-0.25, -0.2) is 4.98 Å². The third kappa shape index (κ3) is 2.82. The number of nitrogens with zero attached hydrogens (tertiary/aromatic N) is 6. The molecule has 1 saturated heterocycles. The zero-order valence-electron chi connectivity index (χ0n) is 15.8. The smallest absolute Gasteiger partial charge is 0.250 e. The number of amides is 1. The van der Waals surface area contributed by atoms with Crippen LogP contribution in [0.3, 0.4) is 0 Å². The molecule has 138 valence electrons. The van der Waals surface area contributed by atoms with Gasteiger partial charge in [0.1, 0.15) is 12.1 Å². The van der Waals surface area contributed by atoms with Crippen LogP contribution in [0.25, 0.3) is 11.3 Å². The molecule has 4 heterocycles. The number of piperazine rings is 1. The number of likely N-dealkylation sites (N-methyl/N-ethyl adjacent to an activating group) is 1. The number of aromatic nitrogens is 2. The first-order chi connectivity index (χ1) is 13.0. The molecule has 2 aromatic heterocycles. The highest BCUT2D eigenvalue weighted by Crippen LogP contribution is 2.37. The van der Waals surface area contributed by atoms with E-state index in [-0.39, 0.29) is 11.9 Å². The average Bonchev–Trinajstić information content (AvgIpc) is 2.71. The van der Waals surface area contributed by atoms with Crippen molar-refractivity contribution >= 4 is 17.4 Å². The van der Waals surface area contributed by atoms with Crippen molar-refractivity contribution in [2.45, 2.75) is 25.9 Å². The molecule has 2 aliphatic heterocycles. The standard InChI is InChI=1S/C20H22N6O/c1-13(2)25-7-8-26-17(12-25)20(27)24(3)16-9-15(11-23-19(16)26)18-14(10-21)5-4-6-22-18/h4-6,9,11,13,17H,7-8,12H2,1-3H3. The molecule has 0 aliphatic carbocycles. The van der Waals surface area contributed by atoms with Crippen LogP contribution in [0.2, 0.25) is 0 Å². The van der Waals surface area contributed by atoms with E-state index in [4.69, 9.17) is 0 Å². The van der Waals surface area contributed by atoms with Crippen LogP contribution >= 0.6 is 0 Å². The van der Waals surface area contributed by atoms with E-state index in [1.807, 2.05) is 6.07 Å². The lowest BCUT2D eigenvalue weighted by atomic mass is 10.0. The van der Waals surface area contributed by atoms with Gasteiger partial charge in [-0.15, -0.1) is 0 Å². The third-order valence-corrected chi connectivity index (χ3v) is 5.44. The number of fused-ring (bicyclic) bond motifs is 3. The first kappa shape index (κ1) is 17.4. The number of anilines is 2. The summed E-state index contributed by atoms with van der Waals surface area (Å²) in [7, 11) is 1.79. The Balaban J connectivity index is 1.75. The van der Waals surface area contributed by atoms with Gasteiger partial charge in [0, 0.05) is 50.7 Å². The number of nitriles is 1. The fourth-order valence-corrected chi connectivity index (χ4v) is 3.85. The van der Waals surface area contributed by atoms with Crippen molar-refractivity contribution in [1.29, 1.82) is 5.26 Å².